The summed E-state index contributed by atoms with van der Waals surface area (Å²) >= 11 is 0. The van der Waals surface area contributed by atoms with Crippen molar-refractivity contribution in [2.45, 2.75) is 24.3 Å². The van der Waals surface area contributed by atoms with Crippen molar-refractivity contribution in [3.05, 3.63) is 90.0 Å². The Kier molecular flexibility index (Phi) is 5.50. The minimum absolute atomic E-state index is 0.0659. The summed E-state index contributed by atoms with van der Waals surface area (Å²) in [5.74, 6) is -1.09. The molecule has 2 aliphatic rings. The normalized spacial score (nSPS) is 16.5. The van der Waals surface area contributed by atoms with Gasteiger partial charge in [0.25, 0.3) is 0 Å². The van der Waals surface area contributed by atoms with Crippen molar-refractivity contribution in [1.82, 2.24) is 5.32 Å². The summed E-state index contributed by atoms with van der Waals surface area (Å²) in [5.41, 5.74) is 4.27. The predicted molar refractivity (Wildman–Crippen MR) is 126 cm³/mol. The van der Waals surface area contributed by atoms with E-state index >= 15 is 0 Å². The fourth-order valence-corrected chi connectivity index (χ4v) is 5.01. The lowest BCUT2D eigenvalue weighted by molar-refractivity contribution is -0.145. The van der Waals surface area contributed by atoms with E-state index < -0.39 is 17.6 Å². The summed E-state index contributed by atoms with van der Waals surface area (Å²) in [6, 6.07) is 26.1. The van der Waals surface area contributed by atoms with E-state index in [2.05, 4.69) is 34.5 Å². The number of benzene rings is 3. The Hall–Kier alpha value is -3.80. The molecule has 1 aliphatic heterocycles. The molecule has 1 amide bonds. The van der Waals surface area contributed by atoms with Crippen LogP contribution >= 0.6 is 0 Å². The zero-order chi connectivity index (χ0) is 22.8. The highest BCUT2D eigenvalue weighted by atomic mass is 16.5. The van der Waals surface area contributed by atoms with Crippen LogP contribution in [0.25, 0.3) is 11.1 Å². The molecule has 0 atom stereocenters. The van der Waals surface area contributed by atoms with Gasteiger partial charge in [-0.25, -0.2) is 9.59 Å². The molecule has 0 radical (unpaired) electrons. The van der Waals surface area contributed by atoms with Crippen molar-refractivity contribution in [2.75, 3.05) is 24.6 Å². The molecule has 0 spiro atoms. The van der Waals surface area contributed by atoms with Gasteiger partial charge in [-0.05, 0) is 47.2 Å². The highest BCUT2D eigenvalue weighted by Gasteiger charge is 2.43. The van der Waals surface area contributed by atoms with Crippen LogP contribution in [0.1, 0.15) is 29.9 Å². The number of ether oxygens (including phenoxy) is 1. The average Bonchev–Trinajstić information content (AvgIpc) is 3.17. The van der Waals surface area contributed by atoms with Gasteiger partial charge in [0.2, 0.25) is 0 Å². The van der Waals surface area contributed by atoms with Crippen LogP contribution < -0.4 is 10.2 Å². The maximum absolute atomic E-state index is 12.7. The van der Waals surface area contributed by atoms with E-state index in [9.17, 15) is 14.7 Å². The molecule has 168 valence electrons. The highest BCUT2D eigenvalue weighted by Crippen LogP contribution is 2.44. The number of rotatable bonds is 5. The molecular formula is C27H26N2O4. The predicted octanol–water partition coefficient (Wildman–Crippen LogP) is 4.65. The number of carboxylic acid groups (broad SMARTS) is 1. The first-order valence-electron chi connectivity index (χ1n) is 11.2. The third-order valence-corrected chi connectivity index (χ3v) is 6.83. The summed E-state index contributed by atoms with van der Waals surface area (Å²) in [5, 5.41) is 12.6. The minimum atomic E-state index is -1.33. The SMILES string of the molecule is O=C(NC1(C(=O)O)CCN(c2ccccc2)CC1)OCC1c2ccccc2-c2ccccc21. The molecule has 0 saturated carbocycles. The number of hydrogen-bond donors (Lipinski definition) is 2. The first-order chi connectivity index (χ1) is 16.1. The largest absolute Gasteiger partial charge is 0.480 e. The summed E-state index contributed by atoms with van der Waals surface area (Å²) < 4.78 is 5.60. The van der Waals surface area contributed by atoms with Gasteiger partial charge >= 0.3 is 12.1 Å². The average molecular weight is 443 g/mol. The molecule has 1 fully saturated rings. The number of amides is 1. The van der Waals surface area contributed by atoms with E-state index in [0.717, 1.165) is 27.9 Å². The number of alkyl carbamates (subject to hydrolysis) is 1. The molecule has 0 aromatic heterocycles. The Balaban J connectivity index is 1.25. The number of hydrogen-bond acceptors (Lipinski definition) is 4. The number of anilines is 1. The van der Waals surface area contributed by atoms with Gasteiger partial charge in [-0.3, -0.25) is 0 Å². The van der Waals surface area contributed by atoms with Crippen LogP contribution in [-0.4, -0.2) is 42.4 Å². The van der Waals surface area contributed by atoms with Crippen LogP contribution in [0.15, 0.2) is 78.9 Å². The van der Waals surface area contributed by atoms with Crippen molar-refractivity contribution in [3.8, 4) is 11.1 Å². The Labute approximate surface area is 192 Å². The molecule has 6 nitrogen and oxygen atoms in total. The lowest BCUT2D eigenvalue weighted by atomic mass is 9.87. The molecule has 3 aromatic carbocycles. The lowest BCUT2D eigenvalue weighted by Gasteiger charge is -2.40. The number of carboxylic acids is 1. The van der Waals surface area contributed by atoms with Crippen LogP contribution in [0.5, 0.6) is 0 Å². The lowest BCUT2D eigenvalue weighted by Crippen LogP contribution is -2.60. The number of para-hydroxylation sites is 1. The Morgan fingerprint density at radius 1 is 0.879 bits per heavy atom. The maximum Gasteiger partial charge on any atom is 0.408 e. The number of piperidine rings is 1. The van der Waals surface area contributed by atoms with Crippen molar-refractivity contribution < 1.29 is 19.4 Å². The molecule has 0 bridgehead atoms. The molecule has 2 N–H and O–H groups in total. The van der Waals surface area contributed by atoms with Gasteiger partial charge in [0, 0.05) is 24.7 Å². The van der Waals surface area contributed by atoms with E-state index in [0.29, 0.717) is 25.9 Å². The van der Waals surface area contributed by atoms with Crippen LogP contribution in [0.4, 0.5) is 10.5 Å². The van der Waals surface area contributed by atoms with Gasteiger partial charge in [-0.1, -0.05) is 66.7 Å². The van der Waals surface area contributed by atoms with Gasteiger partial charge in [-0.15, -0.1) is 0 Å². The van der Waals surface area contributed by atoms with Gasteiger partial charge in [0.05, 0.1) is 0 Å². The summed E-state index contributed by atoms with van der Waals surface area (Å²) in [7, 11) is 0. The third kappa shape index (κ3) is 3.93. The van der Waals surface area contributed by atoms with E-state index in [1.54, 1.807) is 0 Å². The number of carbonyl (C=O) groups excluding carboxylic acids is 1. The van der Waals surface area contributed by atoms with Gasteiger partial charge in [0.1, 0.15) is 12.1 Å². The van der Waals surface area contributed by atoms with Crippen molar-refractivity contribution >= 4 is 17.7 Å². The second-order valence-electron chi connectivity index (χ2n) is 8.66. The zero-order valence-corrected chi connectivity index (χ0v) is 18.2. The smallest absolute Gasteiger partial charge is 0.408 e. The first kappa shape index (κ1) is 21.1. The zero-order valence-electron chi connectivity index (χ0n) is 18.2. The number of nitrogens with one attached hydrogen (secondary N) is 1. The molecule has 6 heteroatoms. The standard InChI is InChI=1S/C27H26N2O4/c30-25(31)27(14-16-29(17-15-27)19-8-2-1-3-9-19)28-26(32)33-18-24-22-12-6-4-10-20(22)21-11-5-7-13-23(21)24/h1-13,24H,14-18H2,(H,28,32)(H,30,31). The number of carbonyl (C=O) groups is 2. The molecule has 0 unspecified atom stereocenters. The molecule has 1 saturated heterocycles. The van der Waals surface area contributed by atoms with E-state index in [4.69, 9.17) is 4.74 Å². The van der Waals surface area contributed by atoms with E-state index in [1.807, 2.05) is 54.6 Å². The van der Waals surface area contributed by atoms with Crippen molar-refractivity contribution in [3.63, 3.8) is 0 Å². The van der Waals surface area contributed by atoms with Crippen molar-refractivity contribution in [2.24, 2.45) is 0 Å². The second kappa shape index (κ2) is 8.62. The van der Waals surface area contributed by atoms with Crippen molar-refractivity contribution in [1.29, 1.82) is 0 Å². The van der Waals surface area contributed by atoms with Crippen LogP contribution in [-0.2, 0) is 9.53 Å². The van der Waals surface area contributed by atoms with E-state index in [-0.39, 0.29) is 12.5 Å². The van der Waals surface area contributed by atoms with Crippen LogP contribution in [0, 0.1) is 0 Å². The second-order valence-corrected chi connectivity index (χ2v) is 8.66. The quantitative estimate of drug-likeness (QED) is 0.601. The number of nitrogens with zero attached hydrogens (tertiary/aromatic N) is 1. The molecule has 1 aliphatic carbocycles. The highest BCUT2D eigenvalue weighted by molar-refractivity contribution is 5.85. The topological polar surface area (TPSA) is 78.9 Å². The van der Waals surface area contributed by atoms with Gasteiger partial charge in [-0.2, -0.15) is 0 Å². The van der Waals surface area contributed by atoms with Crippen LogP contribution in [0.2, 0.25) is 0 Å². The first-order valence-corrected chi connectivity index (χ1v) is 11.2. The Morgan fingerprint density at radius 3 is 2.00 bits per heavy atom. The molecule has 3 aromatic rings. The molecular weight excluding hydrogens is 416 g/mol. The minimum Gasteiger partial charge on any atom is -0.480 e. The molecule has 33 heavy (non-hydrogen) atoms. The Morgan fingerprint density at radius 2 is 1.42 bits per heavy atom. The monoisotopic (exact) mass is 442 g/mol. The van der Waals surface area contributed by atoms with E-state index in [1.165, 1.54) is 0 Å². The Bertz CT molecular complexity index is 1120. The van der Waals surface area contributed by atoms with Crippen LogP contribution in [0.3, 0.4) is 0 Å². The van der Waals surface area contributed by atoms with Gasteiger partial charge in [0.15, 0.2) is 0 Å². The summed E-state index contributed by atoms with van der Waals surface area (Å²) in [4.78, 5) is 27.0. The third-order valence-electron chi connectivity index (χ3n) is 6.83. The molecule has 1 heterocycles. The number of aliphatic carboxylic acids is 1. The number of fused-ring (bicyclic) bond motifs is 3. The maximum atomic E-state index is 12.7. The summed E-state index contributed by atoms with van der Waals surface area (Å²) in [6.45, 7) is 1.24. The summed E-state index contributed by atoms with van der Waals surface area (Å²) in [6.07, 6.45) is -0.0736. The fraction of sp³-hybridized carbons (Fsp3) is 0.259. The fourth-order valence-electron chi connectivity index (χ4n) is 5.01. The van der Waals surface area contributed by atoms with Gasteiger partial charge < -0.3 is 20.1 Å². The molecule has 5 rings (SSSR count).